The lowest BCUT2D eigenvalue weighted by Gasteiger charge is -2.37. The number of hydrogen-bond donors (Lipinski definition) is 2. The van der Waals surface area contributed by atoms with Crippen LogP contribution in [0.5, 0.6) is 0 Å². The van der Waals surface area contributed by atoms with E-state index in [0.29, 0.717) is 32.5 Å². The van der Waals surface area contributed by atoms with E-state index in [1.807, 2.05) is 6.92 Å². The van der Waals surface area contributed by atoms with Gasteiger partial charge in [-0.15, -0.1) is 0 Å². The Kier molecular flexibility index (Phi) is 6.80. The van der Waals surface area contributed by atoms with Gasteiger partial charge in [0.1, 0.15) is 0 Å². The van der Waals surface area contributed by atoms with Gasteiger partial charge in [0.25, 0.3) is 0 Å². The summed E-state index contributed by atoms with van der Waals surface area (Å²) in [4.78, 5) is 25.4. The summed E-state index contributed by atoms with van der Waals surface area (Å²) >= 11 is 0. The molecule has 1 amide bonds. The molecule has 110 valence electrons. The minimum absolute atomic E-state index is 0.0332. The van der Waals surface area contributed by atoms with Gasteiger partial charge in [0.2, 0.25) is 5.91 Å². The highest BCUT2D eigenvalue weighted by atomic mass is 16.5. The third kappa shape index (κ3) is 4.80. The van der Waals surface area contributed by atoms with Crippen LogP contribution in [0.2, 0.25) is 0 Å². The molecular formula is C13H24N2O4. The van der Waals surface area contributed by atoms with E-state index >= 15 is 0 Å². The largest absolute Gasteiger partial charge is 0.469 e. The average molecular weight is 272 g/mol. The van der Waals surface area contributed by atoms with E-state index in [9.17, 15) is 9.59 Å². The van der Waals surface area contributed by atoms with Crippen molar-refractivity contribution in [1.29, 1.82) is 0 Å². The van der Waals surface area contributed by atoms with E-state index in [4.69, 9.17) is 9.84 Å². The van der Waals surface area contributed by atoms with E-state index in [1.165, 1.54) is 7.11 Å². The second-order valence-electron chi connectivity index (χ2n) is 4.88. The second-order valence-corrected chi connectivity index (χ2v) is 4.88. The summed E-state index contributed by atoms with van der Waals surface area (Å²) in [6.45, 7) is 3.49. The van der Waals surface area contributed by atoms with Gasteiger partial charge in [-0.25, -0.2) is 0 Å². The van der Waals surface area contributed by atoms with Crippen LogP contribution in [0.1, 0.15) is 26.2 Å². The van der Waals surface area contributed by atoms with Crippen LogP contribution in [0.25, 0.3) is 0 Å². The number of amides is 1. The normalized spacial score (nSPS) is 23.2. The molecule has 1 fully saturated rings. The number of nitrogens with zero attached hydrogens (tertiary/aromatic N) is 1. The zero-order valence-electron chi connectivity index (χ0n) is 11.7. The van der Waals surface area contributed by atoms with Crippen molar-refractivity contribution in [3.8, 4) is 0 Å². The van der Waals surface area contributed by atoms with Crippen LogP contribution >= 0.6 is 0 Å². The van der Waals surface area contributed by atoms with Crippen LogP contribution in [-0.4, -0.2) is 61.3 Å². The van der Waals surface area contributed by atoms with Crippen LogP contribution in [0.15, 0.2) is 0 Å². The Morgan fingerprint density at radius 3 is 2.74 bits per heavy atom. The lowest BCUT2D eigenvalue weighted by atomic mass is 9.94. The standard InChI is InChI=1S/C13H24N2O4/c1-3-4-12(17)15-8-10(13(18)19-2)7-11(9-15)14-5-6-16/h10-11,14,16H,3-9H2,1-2H3. The number of esters is 1. The molecule has 0 radical (unpaired) electrons. The topological polar surface area (TPSA) is 78.9 Å². The number of ether oxygens (including phenoxy) is 1. The first-order valence-corrected chi connectivity index (χ1v) is 6.82. The van der Waals surface area contributed by atoms with Crippen LogP contribution in [0.3, 0.4) is 0 Å². The molecule has 2 unspecified atom stereocenters. The van der Waals surface area contributed by atoms with Crippen molar-refractivity contribution in [3.05, 3.63) is 0 Å². The second kappa shape index (κ2) is 8.12. The van der Waals surface area contributed by atoms with E-state index < -0.39 is 0 Å². The Morgan fingerprint density at radius 2 is 2.16 bits per heavy atom. The molecule has 0 aromatic heterocycles. The summed E-state index contributed by atoms with van der Waals surface area (Å²) in [5.74, 6) is -0.479. The van der Waals surface area contributed by atoms with Gasteiger partial charge in [-0.1, -0.05) is 6.92 Å². The average Bonchev–Trinajstić information content (AvgIpc) is 2.44. The van der Waals surface area contributed by atoms with Crippen molar-refractivity contribution in [2.45, 2.75) is 32.2 Å². The number of rotatable bonds is 6. The fourth-order valence-electron chi connectivity index (χ4n) is 2.43. The maximum Gasteiger partial charge on any atom is 0.310 e. The number of methoxy groups -OCH3 is 1. The fourth-order valence-corrected chi connectivity index (χ4v) is 2.43. The smallest absolute Gasteiger partial charge is 0.310 e. The number of piperidine rings is 1. The van der Waals surface area contributed by atoms with Crippen LogP contribution < -0.4 is 5.32 Å². The third-order valence-electron chi connectivity index (χ3n) is 3.35. The molecule has 2 atom stereocenters. The number of nitrogens with one attached hydrogen (secondary N) is 1. The number of aliphatic hydroxyl groups excluding tert-OH is 1. The minimum Gasteiger partial charge on any atom is -0.469 e. The molecule has 0 bridgehead atoms. The van der Waals surface area contributed by atoms with Gasteiger partial charge in [0, 0.05) is 32.1 Å². The van der Waals surface area contributed by atoms with Gasteiger partial charge >= 0.3 is 5.97 Å². The Bertz CT molecular complexity index is 309. The SMILES string of the molecule is CCCC(=O)N1CC(NCCO)CC(C(=O)OC)C1. The van der Waals surface area contributed by atoms with Crippen molar-refractivity contribution >= 4 is 11.9 Å². The predicted octanol–water partition coefficient (Wildman–Crippen LogP) is -0.241. The summed E-state index contributed by atoms with van der Waals surface area (Å²) in [7, 11) is 1.37. The monoisotopic (exact) mass is 272 g/mol. The van der Waals surface area contributed by atoms with E-state index in [1.54, 1.807) is 4.90 Å². The maximum atomic E-state index is 12.0. The maximum absolute atomic E-state index is 12.0. The summed E-state index contributed by atoms with van der Waals surface area (Å²) in [6.07, 6.45) is 1.94. The van der Waals surface area contributed by atoms with Crippen LogP contribution in [0, 0.1) is 5.92 Å². The molecule has 1 aliphatic rings. The molecule has 0 saturated carbocycles. The van der Waals surface area contributed by atoms with Gasteiger partial charge < -0.3 is 20.1 Å². The molecule has 0 aromatic rings. The van der Waals surface area contributed by atoms with Crippen molar-refractivity contribution in [2.75, 3.05) is 33.4 Å². The van der Waals surface area contributed by atoms with Gasteiger partial charge in [0.05, 0.1) is 19.6 Å². The van der Waals surface area contributed by atoms with Gasteiger partial charge in [-0.05, 0) is 12.8 Å². The molecule has 2 N–H and O–H groups in total. The lowest BCUT2D eigenvalue weighted by molar-refractivity contribution is -0.149. The first-order chi connectivity index (χ1) is 9.12. The summed E-state index contributed by atoms with van der Waals surface area (Å²) in [5, 5.41) is 12.0. The quantitative estimate of drug-likeness (QED) is 0.652. The molecule has 0 aromatic carbocycles. The predicted molar refractivity (Wildman–Crippen MR) is 70.5 cm³/mol. The Morgan fingerprint density at radius 1 is 1.42 bits per heavy atom. The van der Waals surface area contributed by atoms with Crippen molar-refractivity contribution in [2.24, 2.45) is 5.92 Å². The van der Waals surface area contributed by atoms with Crippen LogP contribution in [0.4, 0.5) is 0 Å². The number of aliphatic hydroxyl groups is 1. The van der Waals surface area contributed by atoms with Crippen molar-refractivity contribution < 1.29 is 19.4 Å². The highest BCUT2D eigenvalue weighted by molar-refractivity contribution is 5.78. The van der Waals surface area contributed by atoms with Crippen molar-refractivity contribution in [1.82, 2.24) is 10.2 Å². The Balaban J connectivity index is 2.65. The molecule has 6 heteroatoms. The van der Waals surface area contributed by atoms with Crippen LogP contribution in [-0.2, 0) is 14.3 Å². The molecule has 1 heterocycles. The Labute approximate surface area is 114 Å². The molecule has 1 rings (SSSR count). The zero-order valence-corrected chi connectivity index (χ0v) is 11.7. The summed E-state index contributed by atoms with van der Waals surface area (Å²) in [5.41, 5.74) is 0. The minimum atomic E-state index is -0.282. The molecular weight excluding hydrogens is 248 g/mol. The molecule has 1 aliphatic heterocycles. The van der Waals surface area contributed by atoms with E-state index in [-0.39, 0.29) is 30.4 Å². The van der Waals surface area contributed by atoms with E-state index in [0.717, 1.165) is 6.42 Å². The third-order valence-corrected chi connectivity index (χ3v) is 3.35. The number of carbonyl (C=O) groups excluding carboxylic acids is 2. The zero-order chi connectivity index (χ0) is 14.3. The highest BCUT2D eigenvalue weighted by Gasteiger charge is 2.33. The summed E-state index contributed by atoms with van der Waals surface area (Å²) in [6, 6.07) is 0.0332. The molecule has 6 nitrogen and oxygen atoms in total. The van der Waals surface area contributed by atoms with Crippen molar-refractivity contribution in [3.63, 3.8) is 0 Å². The Hall–Kier alpha value is -1.14. The van der Waals surface area contributed by atoms with Gasteiger partial charge in [-0.2, -0.15) is 0 Å². The lowest BCUT2D eigenvalue weighted by Crippen LogP contribution is -2.53. The highest BCUT2D eigenvalue weighted by Crippen LogP contribution is 2.19. The number of likely N-dealkylation sites (tertiary alicyclic amines) is 1. The molecule has 19 heavy (non-hydrogen) atoms. The van der Waals surface area contributed by atoms with Gasteiger partial charge in [-0.3, -0.25) is 9.59 Å². The fraction of sp³-hybridized carbons (Fsp3) is 0.846. The number of carbonyl (C=O) groups is 2. The first-order valence-electron chi connectivity index (χ1n) is 6.82. The molecule has 1 saturated heterocycles. The first kappa shape index (κ1) is 15.9. The molecule has 0 aliphatic carbocycles. The number of hydrogen-bond acceptors (Lipinski definition) is 5. The summed E-state index contributed by atoms with van der Waals surface area (Å²) < 4.78 is 4.78. The van der Waals surface area contributed by atoms with Gasteiger partial charge in [0.15, 0.2) is 0 Å². The molecule has 0 spiro atoms. The van der Waals surface area contributed by atoms with E-state index in [2.05, 4.69) is 5.32 Å².